The number of hydrogen-bond acceptors (Lipinski definition) is 8. The maximum atomic E-state index is 11.7. The van der Waals surface area contributed by atoms with Crippen molar-refractivity contribution in [1.29, 1.82) is 0 Å². The van der Waals surface area contributed by atoms with Gasteiger partial charge in [-0.3, -0.25) is 9.98 Å². The fourth-order valence-corrected chi connectivity index (χ4v) is 2.52. The molecule has 0 amide bonds. The average molecular weight is 622 g/mol. The van der Waals surface area contributed by atoms with Crippen LogP contribution in [-0.2, 0) is 38.9 Å². The van der Waals surface area contributed by atoms with E-state index in [1.807, 2.05) is 0 Å². The second kappa shape index (κ2) is 21.6. The Balaban J connectivity index is -0.000000665. The Morgan fingerprint density at radius 3 is 1.61 bits per heavy atom. The Morgan fingerprint density at radius 1 is 0.789 bits per heavy atom. The van der Waals surface area contributed by atoms with Crippen molar-refractivity contribution < 1.29 is 75.4 Å². The first-order chi connectivity index (χ1) is 16.3. The fraction of sp³-hybridized carbons (Fsp3) is 0.115. The molecule has 3 aromatic rings. The summed E-state index contributed by atoms with van der Waals surface area (Å²) in [4.78, 5) is 17.9. The van der Waals surface area contributed by atoms with Gasteiger partial charge >= 0.3 is 34.1 Å². The van der Waals surface area contributed by atoms with Crippen molar-refractivity contribution in [1.82, 2.24) is 0 Å². The summed E-state index contributed by atoms with van der Waals surface area (Å²) in [5, 5.41) is 53.4. The molecule has 0 aliphatic heterocycles. The van der Waals surface area contributed by atoms with E-state index in [0.717, 1.165) is 6.08 Å². The first-order valence-electron chi connectivity index (χ1n) is 10.2. The number of aliphatic imine (C=N–C) groups is 2. The third-order valence-corrected chi connectivity index (χ3v) is 4.22. The maximum Gasteiger partial charge on any atom is 2.00 e. The minimum atomic E-state index is -1.23. The zero-order chi connectivity index (χ0) is 24.8. The fourth-order valence-electron chi connectivity index (χ4n) is 2.52. The zero-order valence-corrected chi connectivity index (χ0v) is 21.6. The van der Waals surface area contributed by atoms with Gasteiger partial charge in [0.2, 0.25) is 0 Å². The Labute approximate surface area is 241 Å². The number of para-hydroxylation sites is 2. The molecular formula is C26H26Cu2N2O8. The molecule has 0 atom stereocenters. The number of hydrogen-bond donors (Lipinski definition) is 1. The first kappa shape index (κ1) is 39.0. The van der Waals surface area contributed by atoms with E-state index in [1.165, 1.54) is 42.8 Å². The van der Waals surface area contributed by atoms with Gasteiger partial charge in [0.1, 0.15) is 5.75 Å². The van der Waals surface area contributed by atoms with Crippen molar-refractivity contribution in [3.05, 3.63) is 95.6 Å². The number of carbonyl (C=O) groups excluding carboxylic acids is 1. The second-order valence-electron chi connectivity index (χ2n) is 6.93. The van der Waals surface area contributed by atoms with Gasteiger partial charge in [-0.15, -0.1) is 11.5 Å². The third-order valence-electron chi connectivity index (χ3n) is 4.22. The summed E-state index contributed by atoms with van der Waals surface area (Å²) in [5.41, 5.74) is 1.62. The van der Waals surface area contributed by atoms with E-state index in [2.05, 4.69) is 9.98 Å². The Morgan fingerprint density at radius 2 is 1.21 bits per heavy atom. The molecule has 0 aliphatic carbocycles. The van der Waals surface area contributed by atoms with Crippen LogP contribution in [-0.4, -0.2) is 53.7 Å². The summed E-state index contributed by atoms with van der Waals surface area (Å²) in [5.74, 6) is -1.33. The monoisotopic (exact) mass is 620 g/mol. The molecule has 3 aromatic carbocycles. The number of carboxylic acids is 1. The number of carboxylic acid groups (broad SMARTS) is 1. The minimum Gasteiger partial charge on any atom is -0.872 e. The SMILES string of the molecule is O.O.O=C([O-])/C=C/c1ccc(O)cc1.[Cu+2].[Cu+2].[O-]c1ccccc1C=NCC([O-])CN=Cc1ccccc1[O-]. The second-order valence-corrected chi connectivity index (χ2v) is 6.93. The molecule has 0 fully saturated rings. The number of phenolic OH excluding ortho intramolecular Hbond substituents is 1. The molecule has 3 rings (SSSR count). The summed E-state index contributed by atoms with van der Waals surface area (Å²) >= 11 is 0. The molecule has 5 N–H and O–H groups in total. The molecule has 0 aliphatic rings. The molecule has 10 nitrogen and oxygen atoms in total. The molecule has 0 heterocycles. The molecule has 0 unspecified atom stereocenters. The standard InChI is InChI=1S/C17H17N2O3.C9H8O3.2Cu.2H2O/c20-15(11-18-9-13-5-1-3-7-16(13)21)12-19-10-14-6-2-4-8-17(14)22;10-8-4-1-7(2-5-8)3-6-9(11)12;;;;/h1-10,15,21-22H,11-12H2;1-6,10H,(H,11,12);;;2*1H2/q-1;;2*+2;;/p-3/b;6-3+;;;;. The Bertz CT molecular complexity index is 1100. The molecule has 12 heteroatoms. The summed E-state index contributed by atoms with van der Waals surface area (Å²) in [6.07, 6.45) is 4.14. The Hall–Kier alpha value is -3.47. The van der Waals surface area contributed by atoms with E-state index in [1.54, 1.807) is 48.5 Å². The van der Waals surface area contributed by atoms with Gasteiger partial charge in [0, 0.05) is 25.5 Å². The molecule has 0 spiro atoms. The van der Waals surface area contributed by atoms with Crippen molar-refractivity contribution in [3.63, 3.8) is 0 Å². The van der Waals surface area contributed by atoms with Gasteiger partial charge in [0.15, 0.2) is 0 Å². The number of carbonyl (C=O) groups is 1. The summed E-state index contributed by atoms with van der Waals surface area (Å²) in [7, 11) is 0. The summed E-state index contributed by atoms with van der Waals surface area (Å²) in [6.45, 7) is 0.0649. The van der Waals surface area contributed by atoms with Crippen LogP contribution in [0.5, 0.6) is 17.2 Å². The number of aliphatic carboxylic acids is 1. The van der Waals surface area contributed by atoms with E-state index in [0.29, 0.717) is 16.7 Å². The van der Waals surface area contributed by atoms with Gasteiger partial charge in [0.25, 0.3) is 0 Å². The van der Waals surface area contributed by atoms with Gasteiger partial charge in [-0.05, 0) is 34.9 Å². The van der Waals surface area contributed by atoms with Crippen molar-refractivity contribution in [2.24, 2.45) is 9.98 Å². The molecule has 0 saturated carbocycles. The minimum absolute atomic E-state index is 0. The third kappa shape index (κ3) is 15.6. The van der Waals surface area contributed by atoms with E-state index >= 15 is 0 Å². The quantitative estimate of drug-likeness (QED) is 0.181. The average Bonchev–Trinajstić information content (AvgIpc) is 2.82. The number of phenols is 1. The first-order valence-corrected chi connectivity index (χ1v) is 10.2. The van der Waals surface area contributed by atoms with Crippen LogP contribution in [0.3, 0.4) is 0 Å². The van der Waals surface area contributed by atoms with Crippen LogP contribution in [0.4, 0.5) is 0 Å². The molecule has 210 valence electrons. The van der Waals surface area contributed by atoms with Crippen molar-refractivity contribution >= 4 is 24.5 Å². The van der Waals surface area contributed by atoms with Crippen LogP contribution in [0.2, 0.25) is 0 Å². The molecule has 2 radical (unpaired) electrons. The van der Waals surface area contributed by atoms with Gasteiger partial charge in [-0.1, -0.05) is 72.8 Å². The van der Waals surface area contributed by atoms with Gasteiger partial charge < -0.3 is 41.3 Å². The van der Waals surface area contributed by atoms with Crippen molar-refractivity contribution in [2.75, 3.05) is 13.1 Å². The van der Waals surface area contributed by atoms with Crippen LogP contribution in [0.15, 0.2) is 88.9 Å². The summed E-state index contributed by atoms with van der Waals surface area (Å²) in [6, 6.07) is 19.1. The molecule has 0 bridgehead atoms. The largest absolute Gasteiger partial charge is 2.00 e. The van der Waals surface area contributed by atoms with Gasteiger partial charge in [0.05, 0.1) is 5.97 Å². The number of benzene rings is 3. The van der Waals surface area contributed by atoms with E-state index in [-0.39, 0.29) is 75.4 Å². The molecule has 38 heavy (non-hydrogen) atoms. The Kier molecular flexibility index (Phi) is 22.2. The number of nitrogens with zero attached hydrogens (tertiary/aromatic N) is 2. The van der Waals surface area contributed by atoms with E-state index in [4.69, 9.17) is 5.11 Å². The molecule has 0 aromatic heterocycles. The van der Waals surface area contributed by atoms with Crippen molar-refractivity contribution in [3.8, 4) is 17.2 Å². The van der Waals surface area contributed by atoms with E-state index < -0.39 is 12.1 Å². The van der Waals surface area contributed by atoms with E-state index in [9.17, 15) is 25.2 Å². The number of rotatable bonds is 8. The zero-order valence-electron chi connectivity index (χ0n) is 19.7. The topological polar surface area (TPSA) is 217 Å². The van der Waals surface area contributed by atoms with Crippen LogP contribution in [0.25, 0.3) is 6.08 Å². The smallest absolute Gasteiger partial charge is 0.872 e. The van der Waals surface area contributed by atoms with Crippen LogP contribution in [0.1, 0.15) is 16.7 Å². The number of aromatic hydroxyl groups is 1. The predicted octanol–water partition coefficient (Wildman–Crippen LogP) is -1.40. The molecule has 0 saturated heterocycles. The van der Waals surface area contributed by atoms with Crippen molar-refractivity contribution in [2.45, 2.75) is 6.10 Å². The summed E-state index contributed by atoms with van der Waals surface area (Å²) < 4.78 is 0. The maximum absolute atomic E-state index is 11.7. The molecular weight excluding hydrogens is 595 g/mol. The van der Waals surface area contributed by atoms with Crippen LogP contribution >= 0.6 is 0 Å². The van der Waals surface area contributed by atoms with Crippen LogP contribution < -0.4 is 20.4 Å². The normalized spacial score (nSPS) is 10.8. The van der Waals surface area contributed by atoms with Crippen LogP contribution in [0, 0.1) is 0 Å². The predicted molar refractivity (Wildman–Crippen MR) is 130 cm³/mol. The van der Waals surface area contributed by atoms with Gasteiger partial charge in [-0.2, -0.15) is 0 Å². The van der Waals surface area contributed by atoms with Gasteiger partial charge in [-0.25, -0.2) is 0 Å².